The van der Waals surface area contributed by atoms with Crippen molar-refractivity contribution in [3.63, 3.8) is 0 Å². The van der Waals surface area contributed by atoms with Crippen molar-refractivity contribution >= 4 is 0 Å². The molecule has 1 aromatic carbocycles. The highest BCUT2D eigenvalue weighted by Crippen LogP contribution is 2.27. The third kappa shape index (κ3) is 2.95. The van der Waals surface area contributed by atoms with E-state index in [9.17, 15) is 4.39 Å². The van der Waals surface area contributed by atoms with E-state index >= 15 is 0 Å². The number of hydrogen-bond donors (Lipinski definition) is 1. The molecular formula is C13H18FNO. The first-order valence-corrected chi connectivity index (χ1v) is 5.90. The number of hydrogen-bond acceptors (Lipinski definition) is 2. The van der Waals surface area contributed by atoms with Crippen LogP contribution in [0.2, 0.25) is 0 Å². The Labute approximate surface area is 95.6 Å². The molecule has 0 spiro atoms. The molecule has 0 bridgehead atoms. The molecule has 0 aromatic heterocycles. The maximum atomic E-state index is 13.3. The van der Waals surface area contributed by atoms with Crippen LogP contribution in [0.1, 0.15) is 24.8 Å². The van der Waals surface area contributed by atoms with Gasteiger partial charge in [-0.15, -0.1) is 0 Å². The summed E-state index contributed by atoms with van der Waals surface area (Å²) in [6.07, 6.45) is 4.48. The van der Waals surface area contributed by atoms with Crippen LogP contribution in [0.4, 0.5) is 4.39 Å². The van der Waals surface area contributed by atoms with Crippen LogP contribution in [0.15, 0.2) is 18.2 Å². The lowest BCUT2D eigenvalue weighted by molar-refractivity contribution is 0.180. The summed E-state index contributed by atoms with van der Waals surface area (Å²) in [5, 5.41) is 0. The second kappa shape index (κ2) is 5.30. The Balaban J connectivity index is 1.95. The van der Waals surface area contributed by atoms with Gasteiger partial charge in [0.25, 0.3) is 0 Å². The fraction of sp³-hybridized carbons (Fsp3) is 0.538. The van der Waals surface area contributed by atoms with Crippen LogP contribution in [0.5, 0.6) is 5.75 Å². The van der Waals surface area contributed by atoms with Crippen molar-refractivity contribution in [3.8, 4) is 5.75 Å². The number of ether oxygens (including phenoxy) is 1. The number of nitrogens with two attached hydrogens (primary N) is 1. The van der Waals surface area contributed by atoms with Crippen LogP contribution in [0.3, 0.4) is 0 Å². The molecule has 0 aliphatic heterocycles. The van der Waals surface area contributed by atoms with Gasteiger partial charge in [0.05, 0.1) is 6.61 Å². The molecule has 0 amide bonds. The second-order valence-corrected chi connectivity index (χ2v) is 4.44. The molecule has 0 saturated heterocycles. The summed E-state index contributed by atoms with van der Waals surface area (Å²) in [6.45, 7) is 1.25. The summed E-state index contributed by atoms with van der Waals surface area (Å²) in [5.74, 6) is 1.06. The van der Waals surface area contributed by atoms with Crippen LogP contribution in [-0.4, -0.2) is 13.2 Å². The first-order valence-electron chi connectivity index (χ1n) is 5.90. The molecule has 2 N–H and O–H groups in total. The van der Waals surface area contributed by atoms with E-state index in [1.165, 1.54) is 31.4 Å². The van der Waals surface area contributed by atoms with Gasteiger partial charge in [0.2, 0.25) is 0 Å². The zero-order chi connectivity index (χ0) is 11.4. The Morgan fingerprint density at radius 2 is 2.12 bits per heavy atom. The van der Waals surface area contributed by atoms with Crippen LogP contribution in [-0.2, 0) is 6.42 Å². The summed E-state index contributed by atoms with van der Waals surface area (Å²) in [6, 6.07) is 4.84. The van der Waals surface area contributed by atoms with Crippen molar-refractivity contribution in [2.75, 3.05) is 13.2 Å². The number of benzene rings is 1. The molecule has 3 heteroatoms. The van der Waals surface area contributed by atoms with E-state index < -0.39 is 0 Å². The molecular weight excluding hydrogens is 205 g/mol. The van der Waals surface area contributed by atoms with Gasteiger partial charge >= 0.3 is 0 Å². The third-order valence-corrected chi connectivity index (χ3v) is 3.07. The minimum Gasteiger partial charge on any atom is -0.493 e. The minimum absolute atomic E-state index is 0.241. The second-order valence-electron chi connectivity index (χ2n) is 4.44. The molecule has 88 valence electrons. The fourth-order valence-corrected chi connectivity index (χ4v) is 1.89. The van der Waals surface area contributed by atoms with E-state index in [4.69, 9.17) is 10.5 Å². The molecule has 2 rings (SSSR count). The fourth-order valence-electron chi connectivity index (χ4n) is 1.89. The topological polar surface area (TPSA) is 35.2 Å². The van der Waals surface area contributed by atoms with Gasteiger partial charge in [0.15, 0.2) is 0 Å². The van der Waals surface area contributed by atoms with Gasteiger partial charge in [0.1, 0.15) is 11.6 Å². The average Bonchev–Trinajstić information content (AvgIpc) is 2.14. The molecule has 1 fully saturated rings. The van der Waals surface area contributed by atoms with Crippen molar-refractivity contribution in [1.29, 1.82) is 0 Å². The zero-order valence-corrected chi connectivity index (χ0v) is 9.42. The lowest BCUT2D eigenvalue weighted by Crippen LogP contribution is -2.19. The summed E-state index contributed by atoms with van der Waals surface area (Å²) >= 11 is 0. The Morgan fingerprint density at radius 3 is 2.75 bits per heavy atom. The Bertz CT molecular complexity index is 350. The van der Waals surface area contributed by atoms with Crippen LogP contribution < -0.4 is 10.5 Å². The standard InChI is InChI=1S/C13H18FNO/c14-12-6-11(4-5-15)7-13(8-12)16-9-10-2-1-3-10/h6-8,10H,1-5,9,15H2. The normalized spacial score (nSPS) is 15.9. The predicted octanol–water partition coefficient (Wildman–Crippen LogP) is 2.51. The molecule has 0 heterocycles. The van der Waals surface area contributed by atoms with Crippen molar-refractivity contribution in [3.05, 3.63) is 29.6 Å². The molecule has 1 saturated carbocycles. The van der Waals surface area contributed by atoms with Crippen LogP contribution in [0, 0.1) is 11.7 Å². The largest absolute Gasteiger partial charge is 0.493 e. The van der Waals surface area contributed by atoms with Crippen molar-refractivity contribution in [2.24, 2.45) is 11.7 Å². The van der Waals surface area contributed by atoms with Gasteiger partial charge in [-0.05, 0) is 49.4 Å². The average molecular weight is 223 g/mol. The summed E-state index contributed by atoms with van der Waals surface area (Å²) in [4.78, 5) is 0. The van der Waals surface area contributed by atoms with Gasteiger partial charge in [0, 0.05) is 6.07 Å². The molecule has 2 nitrogen and oxygen atoms in total. The molecule has 1 aliphatic carbocycles. The lowest BCUT2D eigenvalue weighted by atomic mass is 9.86. The minimum atomic E-state index is -0.241. The van der Waals surface area contributed by atoms with Crippen LogP contribution >= 0.6 is 0 Å². The number of halogens is 1. The van der Waals surface area contributed by atoms with E-state index in [1.807, 2.05) is 6.07 Å². The van der Waals surface area contributed by atoms with Gasteiger partial charge in [-0.3, -0.25) is 0 Å². The maximum Gasteiger partial charge on any atom is 0.127 e. The zero-order valence-electron chi connectivity index (χ0n) is 9.42. The summed E-state index contributed by atoms with van der Waals surface area (Å²) < 4.78 is 18.8. The third-order valence-electron chi connectivity index (χ3n) is 3.07. The molecule has 0 atom stereocenters. The summed E-state index contributed by atoms with van der Waals surface area (Å²) in [7, 11) is 0. The monoisotopic (exact) mass is 223 g/mol. The van der Waals surface area contributed by atoms with Gasteiger partial charge in [-0.1, -0.05) is 6.42 Å². The van der Waals surface area contributed by atoms with E-state index in [2.05, 4.69) is 0 Å². The van der Waals surface area contributed by atoms with Gasteiger partial charge in [-0.25, -0.2) is 4.39 Å². The molecule has 0 radical (unpaired) electrons. The van der Waals surface area contributed by atoms with E-state index in [0.717, 1.165) is 5.56 Å². The molecule has 1 aromatic rings. The van der Waals surface area contributed by atoms with Gasteiger partial charge < -0.3 is 10.5 Å². The molecule has 16 heavy (non-hydrogen) atoms. The van der Waals surface area contributed by atoms with Gasteiger partial charge in [-0.2, -0.15) is 0 Å². The highest BCUT2D eigenvalue weighted by atomic mass is 19.1. The highest BCUT2D eigenvalue weighted by Gasteiger charge is 2.18. The first kappa shape index (κ1) is 11.4. The highest BCUT2D eigenvalue weighted by molar-refractivity contribution is 5.29. The lowest BCUT2D eigenvalue weighted by Gasteiger charge is -2.25. The van der Waals surface area contributed by atoms with E-state index in [-0.39, 0.29) is 5.82 Å². The predicted molar refractivity (Wildman–Crippen MR) is 62.0 cm³/mol. The van der Waals surface area contributed by atoms with E-state index in [1.54, 1.807) is 0 Å². The van der Waals surface area contributed by atoms with Crippen molar-refractivity contribution in [2.45, 2.75) is 25.7 Å². The molecule has 1 aliphatic rings. The first-order chi connectivity index (χ1) is 7.78. The Morgan fingerprint density at radius 1 is 1.31 bits per heavy atom. The number of rotatable bonds is 5. The summed E-state index contributed by atoms with van der Waals surface area (Å²) in [5.41, 5.74) is 6.36. The van der Waals surface area contributed by atoms with Crippen molar-refractivity contribution in [1.82, 2.24) is 0 Å². The van der Waals surface area contributed by atoms with Crippen molar-refractivity contribution < 1.29 is 9.13 Å². The van der Waals surface area contributed by atoms with E-state index in [0.29, 0.717) is 31.2 Å². The van der Waals surface area contributed by atoms with Crippen LogP contribution in [0.25, 0.3) is 0 Å². The Kier molecular flexibility index (Phi) is 3.78. The Hall–Kier alpha value is -1.09. The SMILES string of the molecule is NCCc1cc(F)cc(OCC2CCC2)c1. The maximum absolute atomic E-state index is 13.3. The molecule has 0 unspecified atom stereocenters. The smallest absolute Gasteiger partial charge is 0.127 e. The quantitative estimate of drug-likeness (QED) is 0.832.